The van der Waals surface area contributed by atoms with Gasteiger partial charge in [-0.1, -0.05) is 26.0 Å². The van der Waals surface area contributed by atoms with E-state index in [4.69, 9.17) is 0 Å². The van der Waals surface area contributed by atoms with E-state index in [1.807, 2.05) is 13.8 Å². The van der Waals surface area contributed by atoms with Gasteiger partial charge in [-0.15, -0.1) is 0 Å². The highest BCUT2D eigenvalue weighted by atomic mass is 19.1. The van der Waals surface area contributed by atoms with Crippen LogP contribution >= 0.6 is 0 Å². The van der Waals surface area contributed by atoms with E-state index in [2.05, 4.69) is 10.6 Å². The van der Waals surface area contributed by atoms with Crippen molar-refractivity contribution in [3.05, 3.63) is 46.9 Å². The van der Waals surface area contributed by atoms with Crippen molar-refractivity contribution in [3.8, 4) is 0 Å². The van der Waals surface area contributed by atoms with E-state index in [9.17, 15) is 14.0 Å². The Morgan fingerprint density at radius 2 is 1.95 bits per heavy atom. The molecule has 22 heavy (non-hydrogen) atoms. The first-order valence-corrected chi connectivity index (χ1v) is 7.31. The standard InChI is InChI=1S/C16H18FN3O2/c1-9(2)7-20-8-12-13(15(20)21)14(19-16(22)18-12)10-3-5-11(17)6-4-10/h3-6,9,14H,7-8H2,1-2H3,(H2,18,19,22). The van der Waals surface area contributed by atoms with Gasteiger partial charge in [-0.2, -0.15) is 0 Å². The molecular formula is C16H18FN3O2. The van der Waals surface area contributed by atoms with Gasteiger partial charge in [0.1, 0.15) is 5.82 Å². The van der Waals surface area contributed by atoms with Crippen molar-refractivity contribution in [1.29, 1.82) is 0 Å². The predicted octanol–water partition coefficient (Wildman–Crippen LogP) is 1.93. The summed E-state index contributed by atoms with van der Waals surface area (Å²) in [6.45, 7) is 5.13. The number of carbonyl (C=O) groups is 2. The summed E-state index contributed by atoms with van der Waals surface area (Å²) < 4.78 is 13.1. The van der Waals surface area contributed by atoms with Crippen LogP contribution < -0.4 is 10.6 Å². The Bertz CT molecular complexity index is 652. The van der Waals surface area contributed by atoms with Gasteiger partial charge in [0.25, 0.3) is 5.91 Å². The summed E-state index contributed by atoms with van der Waals surface area (Å²) >= 11 is 0. The van der Waals surface area contributed by atoms with Crippen LogP contribution in [0.2, 0.25) is 0 Å². The molecule has 1 aromatic rings. The Kier molecular flexibility index (Phi) is 3.60. The van der Waals surface area contributed by atoms with Crippen LogP contribution in [0.25, 0.3) is 0 Å². The third-order valence-electron chi connectivity index (χ3n) is 3.81. The van der Waals surface area contributed by atoms with Crippen molar-refractivity contribution in [2.45, 2.75) is 19.9 Å². The van der Waals surface area contributed by atoms with Gasteiger partial charge < -0.3 is 15.5 Å². The highest BCUT2D eigenvalue weighted by molar-refractivity contribution is 6.01. The number of benzene rings is 1. The van der Waals surface area contributed by atoms with E-state index in [1.165, 1.54) is 12.1 Å². The fraction of sp³-hybridized carbons (Fsp3) is 0.375. The van der Waals surface area contributed by atoms with E-state index in [0.717, 1.165) is 0 Å². The lowest BCUT2D eigenvalue weighted by Crippen LogP contribution is -2.44. The molecule has 0 fully saturated rings. The Balaban J connectivity index is 1.94. The van der Waals surface area contributed by atoms with Crippen molar-refractivity contribution in [3.63, 3.8) is 0 Å². The molecule has 1 aromatic carbocycles. The molecule has 2 heterocycles. The van der Waals surface area contributed by atoms with Crippen molar-refractivity contribution in [1.82, 2.24) is 15.5 Å². The lowest BCUT2D eigenvalue weighted by molar-refractivity contribution is -0.126. The van der Waals surface area contributed by atoms with Gasteiger partial charge in [0.15, 0.2) is 0 Å². The molecule has 3 amide bonds. The van der Waals surface area contributed by atoms with Crippen molar-refractivity contribution in [2.24, 2.45) is 5.92 Å². The number of amides is 3. The third-order valence-corrected chi connectivity index (χ3v) is 3.81. The zero-order valence-corrected chi connectivity index (χ0v) is 12.5. The summed E-state index contributed by atoms with van der Waals surface area (Å²) in [5.41, 5.74) is 1.89. The molecule has 0 spiro atoms. The van der Waals surface area contributed by atoms with E-state index in [0.29, 0.717) is 35.8 Å². The van der Waals surface area contributed by atoms with E-state index < -0.39 is 6.04 Å². The maximum atomic E-state index is 13.1. The van der Waals surface area contributed by atoms with Crippen LogP contribution in [0, 0.1) is 11.7 Å². The second-order valence-corrected chi connectivity index (χ2v) is 6.05. The molecule has 5 nitrogen and oxygen atoms in total. The fourth-order valence-corrected chi connectivity index (χ4v) is 2.92. The molecule has 1 atom stereocenters. The van der Waals surface area contributed by atoms with Crippen molar-refractivity contribution in [2.75, 3.05) is 13.1 Å². The van der Waals surface area contributed by atoms with E-state index in [1.54, 1.807) is 17.0 Å². The Labute approximate surface area is 128 Å². The average Bonchev–Trinajstić information content (AvgIpc) is 2.74. The van der Waals surface area contributed by atoms with Gasteiger partial charge in [-0.3, -0.25) is 4.79 Å². The van der Waals surface area contributed by atoms with Crippen LogP contribution in [-0.4, -0.2) is 29.9 Å². The highest BCUT2D eigenvalue weighted by Crippen LogP contribution is 2.32. The maximum Gasteiger partial charge on any atom is 0.319 e. The molecule has 0 saturated carbocycles. The molecule has 2 aliphatic heterocycles. The average molecular weight is 303 g/mol. The minimum Gasteiger partial charge on any atom is -0.333 e. The smallest absolute Gasteiger partial charge is 0.319 e. The van der Waals surface area contributed by atoms with Gasteiger partial charge in [-0.05, 0) is 23.6 Å². The normalized spacial score (nSPS) is 21.1. The van der Waals surface area contributed by atoms with Crippen LogP contribution in [0.4, 0.5) is 9.18 Å². The monoisotopic (exact) mass is 303 g/mol. The van der Waals surface area contributed by atoms with Crippen LogP contribution in [-0.2, 0) is 4.79 Å². The number of urea groups is 1. The molecule has 0 saturated heterocycles. The van der Waals surface area contributed by atoms with Crippen LogP contribution in [0.3, 0.4) is 0 Å². The van der Waals surface area contributed by atoms with Crippen LogP contribution in [0.1, 0.15) is 25.5 Å². The highest BCUT2D eigenvalue weighted by Gasteiger charge is 2.40. The van der Waals surface area contributed by atoms with Crippen LogP contribution in [0.5, 0.6) is 0 Å². The molecule has 2 N–H and O–H groups in total. The molecule has 0 aliphatic carbocycles. The molecule has 0 bridgehead atoms. The fourth-order valence-electron chi connectivity index (χ4n) is 2.92. The largest absolute Gasteiger partial charge is 0.333 e. The zero-order valence-electron chi connectivity index (χ0n) is 12.5. The quantitative estimate of drug-likeness (QED) is 0.896. The zero-order chi connectivity index (χ0) is 15.9. The molecule has 116 valence electrons. The van der Waals surface area contributed by atoms with Crippen molar-refractivity contribution < 1.29 is 14.0 Å². The second-order valence-electron chi connectivity index (χ2n) is 6.05. The minimum atomic E-state index is -0.533. The first kappa shape index (κ1) is 14.6. The SMILES string of the molecule is CC(C)CN1CC2=C(C1=O)C(c1ccc(F)cc1)NC(=O)N2. The van der Waals surface area contributed by atoms with E-state index in [-0.39, 0.29) is 17.8 Å². The Hall–Kier alpha value is -2.37. The van der Waals surface area contributed by atoms with Gasteiger partial charge in [0.2, 0.25) is 0 Å². The predicted molar refractivity (Wildman–Crippen MR) is 79.3 cm³/mol. The molecule has 1 unspecified atom stereocenters. The van der Waals surface area contributed by atoms with Gasteiger partial charge >= 0.3 is 6.03 Å². The maximum absolute atomic E-state index is 13.1. The lowest BCUT2D eigenvalue weighted by Gasteiger charge is -2.25. The van der Waals surface area contributed by atoms with Gasteiger partial charge in [-0.25, -0.2) is 9.18 Å². The number of halogens is 1. The number of nitrogens with zero attached hydrogens (tertiary/aromatic N) is 1. The third kappa shape index (κ3) is 2.56. The summed E-state index contributed by atoms with van der Waals surface area (Å²) in [5.74, 6) is -0.0823. The molecule has 3 rings (SSSR count). The molecule has 2 aliphatic rings. The number of hydrogen-bond acceptors (Lipinski definition) is 2. The van der Waals surface area contributed by atoms with E-state index >= 15 is 0 Å². The van der Waals surface area contributed by atoms with Gasteiger partial charge in [0, 0.05) is 6.54 Å². The molecular weight excluding hydrogens is 285 g/mol. The second kappa shape index (κ2) is 5.44. The first-order valence-electron chi connectivity index (χ1n) is 7.31. The summed E-state index contributed by atoms with van der Waals surface area (Å²) in [7, 11) is 0. The number of carbonyl (C=O) groups excluding carboxylic acids is 2. The first-order chi connectivity index (χ1) is 10.5. The summed E-state index contributed by atoms with van der Waals surface area (Å²) in [6, 6.07) is 4.97. The summed E-state index contributed by atoms with van der Waals surface area (Å²) in [6.07, 6.45) is 0. The molecule has 6 heteroatoms. The van der Waals surface area contributed by atoms with Crippen LogP contribution in [0.15, 0.2) is 35.5 Å². The number of hydrogen-bond donors (Lipinski definition) is 2. The molecule has 0 radical (unpaired) electrons. The minimum absolute atomic E-state index is 0.0782. The molecule has 0 aromatic heterocycles. The Morgan fingerprint density at radius 1 is 1.27 bits per heavy atom. The number of nitrogens with one attached hydrogen (secondary N) is 2. The summed E-state index contributed by atoms with van der Waals surface area (Å²) in [4.78, 5) is 26.2. The topological polar surface area (TPSA) is 61.4 Å². The number of rotatable bonds is 3. The lowest BCUT2D eigenvalue weighted by atomic mass is 9.96. The van der Waals surface area contributed by atoms with Crippen molar-refractivity contribution >= 4 is 11.9 Å². The Morgan fingerprint density at radius 3 is 2.59 bits per heavy atom. The summed E-state index contributed by atoms with van der Waals surface area (Å²) in [5, 5.41) is 5.47. The van der Waals surface area contributed by atoms with Gasteiger partial charge in [0.05, 0.1) is 23.9 Å².